The second kappa shape index (κ2) is 5.83. The molecule has 0 bridgehead atoms. The van der Waals surface area contributed by atoms with E-state index in [4.69, 9.17) is 5.73 Å². The number of nitrogens with zero attached hydrogens (tertiary/aromatic N) is 1. The van der Waals surface area contributed by atoms with Gasteiger partial charge < -0.3 is 11.1 Å². The van der Waals surface area contributed by atoms with Crippen molar-refractivity contribution in [2.75, 3.05) is 13.1 Å². The lowest BCUT2D eigenvalue weighted by Gasteiger charge is -2.32. The Balaban J connectivity index is 1.77. The molecule has 0 aromatic rings. The van der Waals surface area contributed by atoms with Gasteiger partial charge in [0.2, 0.25) is 5.91 Å². The van der Waals surface area contributed by atoms with Gasteiger partial charge in [0.15, 0.2) is 0 Å². The Labute approximate surface area is 104 Å². The van der Waals surface area contributed by atoms with E-state index in [0.717, 1.165) is 19.4 Å². The van der Waals surface area contributed by atoms with E-state index in [2.05, 4.69) is 10.2 Å². The van der Waals surface area contributed by atoms with E-state index in [0.29, 0.717) is 18.5 Å². The predicted molar refractivity (Wildman–Crippen MR) is 68.6 cm³/mol. The third-order valence-electron chi connectivity index (χ3n) is 4.03. The number of nitrogens with one attached hydrogen (secondary N) is 1. The summed E-state index contributed by atoms with van der Waals surface area (Å²) in [7, 11) is 0. The lowest BCUT2D eigenvalue weighted by molar-refractivity contribution is -0.122. The number of hydrogen-bond donors (Lipinski definition) is 2. The maximum Gasteiger partial charge on any atom is 0.220 e. The van der Waals surface area contributed by atoms with Gasteiger partial charge in [-0.25, -0.2) is 0 Å². The van der Waals surface area contributed by atoms with Gasteiger partial charge in [-0.05, 0) is 39.2 Å². The number of fused-ring (bicyclic) bond motifs is 1. The average molecular weight is 239 g/mol. The molecule has 2 saturated heterocycles. The van der Waals surface area contributed by atoms with E-state index in [1.807, 2.05) is 6.92 Å². The predicted octanol–water partition coefficient (Wildman–Crippen LogP) is 0.857. The SMILES string of the molecule is CC(N)CCC(=O)NC1CCN2CCCCC12. The van der Waals surface area contributed by atoms with Crippen molar-refractivity contribution in [2.45, 2.75) is 63.6 Å². The largest absolute Gasteiger partial charge is 0.352 e. The molecule has 4 heteroatoms. The molecule has 2 heterocycles. The first-order valence-electron chi connectivity index (χ1n) is 6.96. The number of carbonyl (C=O) groups is 1. The molecule has 2 aliphatic heterocycles. The van der Waals surface area contributed by atoms with Crippen molar-refractivity contribution in [2.24, 2.45) is 5.73 Å². The van der Waals surface area contributed by atoms with Gasteiger partial charge in [0.05, 0.1) is 0 Å². The fraction of sp³-hybridized carbons (Fsp3) is 0.923. The van der Waals surface area contributed by atoms with Crippen molar-refractivity contribution in [3.05, 3.63) is 0 Å². The molecule has 4 nitrogen and oxygen atoms in total. The van der Waals surface area contributed by atoms with E-state index in [-0.39, 0.29) is 11.9 Å². The standard InChI is InChI=1S/C13H25N3O/c1-10(14)5-6-13(17)15-11-7-9-16-8-3-2-4-12(11)16/h10-12H,2-9,14H2,1H3,(H,15,17). The van der Waals surface area contributed by atoms with Crippen molar-refractivity contribution in [1.82, 2.24) is 10.2 Å². The molecule has 0 aromatic heterocycles. The first-order chi connectivity index (χ1) is 8.16. The van der Waals surface area contributed by atoms with E-state index in [9.17, 15) is 4.79 Å². The van der Waals surface area contributed by atoms with Gasteiger partial charge in [-0.3, -0.25) is 9.69 Å². The van der Waals surface area contributed by atoms with Crippen molar-refractivity contribution in [1.29, 1.82) is 0 Å². The van der Waals surface area contributed by atoms with Crippen molar-refractivity contribution >= 4 is 5.91 Å². The molecule has 0 aromatic carbocycles. The quantitative estimate of drug-likeness (QED) is 0.765. The van der Waals surface area contributed by atoms with Crippen molar-refractivity contribution < 1.29 is 4.79 Å². The number of carbonyl (C=O) groups excluding carboxylic acids is 1. The van der Waals surface area contributed by atoms with E-state index in [1.165, 1.54) is 25.8 Å². The molecule has 2 fully saturated rings. The van der Waals surface area contributed by atoms with Crippen LogP contribution >= 0.6 is 0 Å². The van der Waals surface area contributed by atoms with Gasteiger partial charge in [-0.1, -0.05) is 6.42 Å². The summed E-state index contributed by atoms with van der Waals surface area (Å²) in [6.07, 6.45) is 6.36. The molecule has 0 saturated carbocycles. The van der Waals surface area contributed by atoms with Crippen LogP contribution in [0, 0.1) is 0 Å². The Bertz CT molecular complexity index is 267. The molecule has 3 N–H and O–H groups in total. The minimum absolute atomic E-state index is 0.121. The maximum absolute atomic E-state index is 11.8. The summed E-state index contributed by atoms with van der Waals surface area (Å²) in [5.74, 6) is 0.180. The van der Waals surface area contributed by atoms with Gasteiger partial charge in [-0.15, -0.1) is 0 Å². The lowest BCUT2D eigenvalue weighted by Crippen LogP contribution is -2.46. The zero-order chi connectivity index (χ0) is 12.3. The number of nitrogens with two attached hydrogens (primary N) is 1. The van der Waals surface area contributed by atoms with E-state index < -0.39 is 0 Å². The first kappa shape index (κ1) is 12.8. The Kier molecular flexibility index (Phi) is 4.40. The van der Waals surface area contributed by atoms with E-state index in [1.54, 1.807) is 0 Å². The number of rotatable bonds is 4. The topological polar surface area (TPSA) is 58.4 Å². The highest BCUT2D eigenvalue weighted by molar-refractivity contribution is 5.76. The second-order valence-corrected chi connectivity index (χ2v) is 5.58. The molecule has 0 radical (unpaired) electrons. The molecule has 3 unspecified atom stereocenters. The number of amides is 1. The Hall–Kier alpha value is -0.610. The third-order valence-corrected chi connectivity index (χ3v) is 4.03. The van der Waals surface area contributed by atoms with Crippen LogP contribution in [0.2, 0.25) is 0 Å². The average Bonchev–Trinajstić information content (AvgIpc) is 2.70. The van der Waals surface area contributed by atoms with Crippen LogP contribution in [-0.2, 0) is 4.79 Å². The Morgan fingerprint density at radius 3 is 3.00 bits per heavy atom. The fourth-order valence-electron chi connectivity index (χ4n) is 3.05. The minimum Gasteiger partial charge on any atom is -0.352 e. The summed E-state index contributed by atoms with van der Waals surface area (Å²) in [5.41, 5.74) is 5.67. The summed E-state index contributed by atoms with van der Waals surface area (Å²) in [6.45, 7) is 4.32. The fourth-order valence-corrected chi connectivity index (χ4v) is 3.05. The smallest absolute Gasteiger partial charge is 0.220 e. The van der Waals surface area contributed by atoms with Gasteiger partial charge >= 0.3 is 0 Å². The lowest BCUT2D eigenvalue weighted by atomic mass is 9.99. The van der Waals surface area contributed by atoms with Crippen LogP contribution in [0.1, 0.15) is 45.4 Å². The summed E-state index contributed by atoms with van der Waals surface area (Å²) in [5, 5.41) is 3.20. The highest BCUT2D eigenvalue weighted by Crippen LogP contribution is 2.27. The minimum atomic E-state index is 0.121. The zero-order valence-electron chi connectivity index (χ0n) is 10.8. The van der Waals surface area contributed by atoms with Crippen LogP contribution in [0.3, 0.4) is 0 Å². The third kappa shape index (κ3) is 3.42. The Morgan fingerprint density at radius 1 is 1.41 bits per heavy atom. The zero-order valence-corrected chi connectivity index (χ0v) is 10.8. The van der Waals surface area contributed by atoms with Crippen LogP contribution in [0.5, 0.6) is 0 Å². The molecule has 3 atom stereocenters. The van der Waals surface area contributed by atoms with Gasteiger partial charge in [0.25, 0.3) is 0 Å². The van der Waals surface area contributed by atoms with Crippen LogP contribution in [0.15, 0.2) is 0 Å². The summed E-state index contributed by atoms with van der Waals surface area (Å²) in [4.78, 5) is 14.3. The summed E-state index contributed by atoms with van der Waals surface area (Å²) >= 11 is 0. The van der Waals surface area contributed by atoms with Gasteiger partial charge in [-0.2, -0.15) is 0 Å². The van der Waals surface area contributed by atoms with Gasteiger partial charge in [0.1, 0.15) is 0 Å². The number of hydrogen-bond acceptors (Lipinski definition) is 3. The molecule has 0 spiro atoms. The Morgan fingerprint density at radius 2 is 2.24 bits per heavy atom. The number of piperidine rings is 1. The molecule has 1 amide bonds. The highest BCUT2D eigenvalue weighted by atomic mass is 16.1. The summed E-state index contributed by atoms with van der Waals surface area (Å²) < 4.78 is 0. The van der Waals surface area contributed by atoms with Crippen LogP contribution in [-0.4, -0.2) is 42.0 Å². The van der Waals surface area contributed by atoms with Crippen LogP contribution < -0.4 is 11.1 Å². The van der Waals surface area contributed by atoms with Crippen molar-refractivity contribution in [3.63, 3.8) is 0 Å². The molecule has 2 rings (SSSR count). The molecular formula is C13H25N3O. The molecule has 2 aliphatic rings. The molecule has 0 aliphatic carbocycles. The van der Waals surface area contributed by atoms with Crippen molar-refractivity contribution in [3.8, 4) is 0 Å². The highest BCUT2D eigenvalue weighted by Gasteiger charge is 2.35. The monoisotopic (exact) mass is 239 g/mol. The van der Waals surface area contributed by atoms with E-state index >= 15 is 0 Å². The first-order valence-corrected chi connectivity index (χ1v) is 6.96. The van der Waals surface area contributed by atoms with Crippen LogP contribution in [0.4, 0.5) is 0 Å². The normalized spacial score (nSPS) is 30.9. The van der Waals surface area contributed by atoms with Gasteiger partial charge in [0, 0.05) is 31.1 Å². The molecule has 98 valence electrons. The van der Waals surface area contributed by atoms with Crippen LogP contribution in [0.25, 0.3) is 0 Å². The maximum atomic E-state index is 11.8. The summed E-state index contributed by atoms with van der Waals surface area (Å²) in [6, 6.07) is 1.11. The second-order valence-electron chi connectivity index (χ2n) is 5.58. The molecule has 17 heavy (non-hydrogen) atoms. The molecular weight excluding hydrogens is 214 g/mol.